The zero-order chi connectivity index (χ0) is 11.8. The van der Waals surface area contributed by atoms with Crippen LogP contribution in [0.1, 0.15) is 15.9 Å². The first-order chi connectivity index (χ1) is 7.53. The fourth-order valence-corrected chi connectivity index (χ4v) is 1.75. The van der Waals surface area contributed by atoms with Crippen molar-refractivity contribution in [1.29, 1.82) is 0 Å². The van der Waals surface area contributed by atoms with Gasteiger partial charge in [-0.2, -0.15) is 0 Å². The molecule has 2 rings (SSSR count). The van der Waals surface area contributed by atoms with E-state index in [1.807, 2.05) is 12.1 Å². The number of nitrogens with zero attached hydrogens (tertiary/aromatic N) is 1. The fraction of sp³-hybridized carbons (Fsp3) is 0.417. The molecular weight excluding hydrogens is 204 g/mol. The minimum atomic E-state index is -0.750. The van der Waals surface area contributed by atoms with Gasteiger partial charge in [0, 0.05) is 32.7 Å². The summed E-state index contributed by atoms with van der Waals surface area (Å²) in [5.74, 6) is -0.0229. The fourth-order valence-electron chi connectivity index (χ4n) is 1.75. The third kappa shape index (κ3) is 1.81. The van der Waals surface area contributed by atoms with Gasteiger partial charge in [0.05, 0.1) is 0 Å². The van der Waals surface area contributed by atoms with E-state index in [4.69, 9.17) is 0 Å². The summed E-state index contributed by atoms with van der Waals surface area (Å²) in [6.45, 7) is 1.15. The van der Waals surface area contributed by atoms with Gasteiger partial charge in [-0.15, -0.1) is 0 Å². The Kier molecular flexibility index (Phi) is 2.69. The summed E-state index contributed by atoms with van der Waals surface area (Å²) in [4.78, 5) is 13.2. The van der Waals surface area contributed by atoms with Crippen LogP contribution in [0.2, 0.25) is 0 Å². The first-order valence-corrected chi connectivity index (χ1v) is 5.28. The smallest absolute Gasteiger partial charge is 0.253 e. The van der Waals surface area contributed by atoms with Crippen molar-refractivity contribution < 1.29 is 9.90 Å². The molecule has 0 atom stereocenters. The van der Waals surface area contributed by atoms with E-state index in [0.29, 0.717) is 18.7 Å². The van der Waals surface area contributed by atoms with Crippen molar-refractivity contribution in [2.75, 3.05) is 27.2 Å². The molecule has 4 heteroatoms. The average molecular weight is 220 g/mol. The molecule has 1 saturated heterocycles. The van der Waals surface area contributed by atoms with Gasteiger partial charge in [-0.25, -0.2) is 0 Å². The van der Waals surface area contributed by atoms with Crippen LogP contribution < -0.4 is 5.32 Å². The molecule has 1 aromatic rings. The van der Waals surface area contributed by atoms with E-state index in [1.54, 1.807) is 26.2 Å². The molecule has 1 aliphatic heterocycles. The number of benzene rings is 1. The van der Waals surface area contributed by atoms with Crippen LogP contribution in [0.5, 0.6) is 0 Å². The number of aliphatic hydroxyl groups is 1. The molecule has 1 aliphatic rings. The van der Waals surface area contributed by atoms with E-state index in [2.05, 4.69) is 5.32 Å². The zero-order valence-electron chi connectivity index (χ0n) is 9.53. The van der Waals surface area contributed by atoms with Crippen molar-refractivity contribution in [3.63, 3.8) is 0 Å². The number of amides is 1. The Balaban J connectivity index is 2.19. The van der Waals surface area contributed by atoms with Gasteiger partial charge in [0.15, 0.2) is 0 Å². The van der Waals surface area contributed by atoms with Crippen LogP contribution in [0, 0.1) is 0 Å². The molecule has 0 unspecified atom stereocenters. The quantitative estimate of drug-likeness (QED) is 0.747. The molecule has 1 heterocycles. The number of carbonyl (C=O) groups is 1. The molecule has 0 saturated carbocycles. The molecule has 0 aliphatic carbocycles. The highest BCUT2D eigenvalue weighted by atomic mass is 16.3. The second kappa shape index (κ2) is 3.88. The third-order valence-electron chi connectivity index (χ3n) is 2.91. The zero-order valence-corrected chi connectivity index (χ0v) is 9.53. The highest BCUT2D eigenvalue weighted by Gasteiger charge is 2.35. The third-order valence-corrected chi connectivity index (χ3v) is 2.91. The Morgan fingerprint density at radius 3 is 2.25 bits per heavy atom. The summed E-state index contributed by atoms with van der Waals surface area (Å²) in [6, 6.07) is 7.15. The molecule has 0 spiro atoms. The summed E-state index contributed by atoms with van der Waals surface area (Å²) in [5, 5.41) is 13.1. The van der Waals surface area contributed by atoms with Crippen LogP contribution in [-0.4, -0.2) is 43.1 Å². The van der Waals surface area contributed by atoms with Crippen LogP contribution >= 0.6 is 0 Å². The molecule has 86 valence electrons. The molecule has 0 aromatic heterocycles. The number of hydrogen-bond acceptors (Lipinski definition) is 3. The van der Waals surface area contributed by atoms with Crippen molar-refractivity contribution in [3.05, 3.63) is 35.4 Å². The normalized spacial score (nSPS) is 17.7. The van der Waals surface area contributed by atoms with Crippen LogP contribution in [-0.2, 0) is 5.60 Å². The lowest BCUT2D eigenvalue weighted by molar-refractivity contribution is -0.0146. The molecule has 0 radical (unpaired) electrons. The maximum atomic E-state index is 11.6. The Morgan fingerprint density at radius 2 is 1.88 bits per heavy atom. The maximum absolute atomic E-state index is 11.6. The molecular formula is C12H16N2O2. The van der Waals surface area contributed by atoms with Gasteiger partial charge in [0.1, 0.15) is 5.60 Å². The van der Waals surface area contributed by atoms with E-state index >= 15 is 0 Å². The molecule has 16 heavy (non-hydrogen) atoms. The van der Waals surface area contributed by atoms with Gasteiger partial charge in [-0.1, -0.05) is 12.1 Å². The molecule has 1 aromatic carbocycles. The Hall–Kier alpha value is -1.39. The summed E-state index contributed by atoms with van der Waals surface area (Å²) in [6.07, 6.45) is 0. The number of β-amino-alcohol motifs (C(OH)–C–C–N with tert-alkyl or cyclic N) is 1. The van der Waals surface area contributed by atoms with Crippen molar-refractivity contribution in [3.8, 4) is 0 Å². The molecule has 2 N–H and O–H groups in total. The molecule has 1 amide bonds. The highest BCUT2D eigenvalue weighted by molar-refractivity contribution is 5.93. The lowest BCUT2D eigenvalue weighted by atomic mass is 9.88. The van der Waals surface area contributed by atoms with Crippen molar-refractivity contribution in [2.45, 2.75) is 5.60 Å². The minimum absolute atomic E-state index is 0.0229. The maximum Gasteiger partial charge on any atom is 0.253 e. The molecule has 0 bridgehead atoms. The second-order valence-electron chi connectivity index (χ2n) is 4.41. The van der Waals surface area contributed by atoms with Crippen LogP contribution in [0.15, 0.2) is 24.3 Å². The number of hydrogen-bond donors (Lipinski definition) is 2. The standard InChI is InChI=1S/C12H16N2O2/c1-14(2)11(15)9-3-5-10(6-4-9)12(16)7-13-8-12/h3-6,13,16H,7-8H2,1-2H3. The van der Waals surface area contributed by atoms with Crippen molar-refractivity contribution in [2.24, 2.45) is 0 Å². The molecule has 1 fully saturated rings. The highest BCUT2D eigenvalue weighted by Crippen LogP contribution is 2.25. The average Bonchev–Trinajstić information content (AvgIpc) is 2.25. The van der Waals surface area contributed by atoms with Crippen LogP contribution in [0.4, 0.5) is 0 Å². The van der Waals surface area contributed by atoms with E-state index in [9.17, 15) is 9.90 Å². The topological polar surface area (TPSA) is 52.6 Å². The monoisotopic (exact) mass is 220 g/mol. The summed E-state index contributed by atoms with van der Waals surface area (Å²) < 4.78 is 0. The van der Waals surface area contributed by atoms with Gasteiger partial charge in [0.2, 0.25) is 0 Å². The summed E-state index contributed by atoms with van der Waals surface area (Å²) in [7, 11) is 3.44. The van der Waals surface area contributed by atoms with Crippen molar-refractivity contribution >= 4 is 5.91 Å². The van der Waals surface area contributed by atoms with Crippen molar-refractivity contribution in [1.82, 2.24) is 10.2 Å². The van der Waals surface area contributed by atoms with E-state index in [1.165, 1.54) is 4.90 Å². The predicted octanol–water partition coefficient (Wildman–Crippen LogP) is 0.179. The largest absolute Gasteiger partial charge is 0.382 e. The predicted molar refractivity (Wildman–Crippen MR) is 61.2 cm³/mol. The number of nitrogens with one attached hydrogen (secondary N) is 1. The number of rotatable bonds is 2. The van der Waals surface area contributed by atoms with Gasteiger partial charge in [-0.3, -0.25) is 4.79 Å². The number of carbonyl (C=O) groups excluding carboxylic acids is 1. The van der Waals surface area contributed by atoms with Gasteiger partial charge < -0.3 is 15.3 Å². The second-order valence-corrected chi connectivity index (χ2v) is 4.41. The Bertz CT molecular complexity index is 394. The van der Waals surface area contributed by atoms with E-state index < -0.39 is 5.60 Å². The van der Waals surface area contributed by atoms with Gasteiger partial charge in [-0.05, 0) is 17.7 Å². The SMILES string of the molecule is CN(C)C(=O)c1ccc(C2(O)CNC2)cc1. The first kappa shape index (κ1) is 11.1. The van der Waals surface area contributed by atoms with Gasteiger partial charge in [0.25, 0.3) is 5.91 Å². The van der Waals surface area contributed by atoms with Gasteiger partial charge >= 0.3 is 0 Å². The van der Waals surface area contributed by atoms with E-state index in [-0.39, 0.29) is 5.91 Å². The van der Waals surface area contributed by atoms with Crippen LogP contribution in [0.25, 0.3) is 0 Å². The minimum Gasteiger partial charge on any atom is -0.382 e. The van der Waals surface area contributed by atoms with E-state index in [0.717, 1.165) is 5.56 Å². The Morgan fingerprint density at radius 1 is 1.31 bits per heavy atom. The lowest BCUT2D eigenvalue weighted by Gasteiger charge is -2.38. The molecule has 4 nitrogen and oxygen atoms in total. The summed E-state index contributed by atoms with van der Waals surface area (Å²) >= 11 is 0. The summed E-state index contributed by atoms with van der Waals surface area (Å²) in [5.41, 5.74) is 0.755. The van der Waals surface area contributed by atoms with Crippen LogP contribution in [0.3, 0.4) is 0 Å². The first-order valence-electron chi connectivity index (χ1n) is 5.28. The lowest BCUT2D eigenvalue weighted by Crippen LogP contribution is -2.56. The Labute approximate surface area is 94.9 Å².